The molecule has 1 heterocycles. The Hall–Kier alpha value is -0.830. The number of rotatable bonds is 4. The van der Waals surface area contributed by atoms with Crippen LogP contribution in [-0.2, 0) is 7.05 Å². The average Bonchev–Trinajstić information content (AvgIpc) is 2.85. The molecule has 1 aromatic rings. The largest absolute Gasteiger partial charge is 0.308 e. The van der Waals surface area contributed by atoms with E-state index in [0.717, 1.165) is 6.54 Å². The first kappa shape index (κ1) is 11.6. The highest BCUT2D eigenvalue weighted by atomic mass is 15.3. The van der Waals surface area contributed by atoms with Crippen molar-refractivity contribution in [2.45, 2.75) is 45.6 Å². The zero-order chi connectivity index (χ0) is 11.6. The van der Waals surface area contributed by atoms with Crippen LogP contribution in [0.4, 0.5) is 0 Å². The summed E-state index contributed by atoms with van der Waals surface area (Å²) in [6.45, 7) is 5.75. The second-order valence-corrected chi connectivity index (χ2v) is 5.50. The second-order valence-electron chi connectivity index (χ2n) is 5.50. The van der Waals surface area contributed by atoms with Crippen LogP contribution in [0, 0.1) is 5.41 Å². The summed E-state index contributed by atoms with van der Waals surface area (Å²) in [5, 5.41) is 7.86. The first-order valence-electron chi connectivity index (χ1n) is 6.32. The minimum absolute atomic E-state index is 0.393. The summed E-state index contributed by atoms with van der Waals surface area (Å²) >= 11 is 0. The van der Waals surface area contributed by atoms with E-state index in [2.05, 4.69) is 30.3 Å². The molecular formula is C13H23N3. The van der Waals surface area contributed by atoms with Crippen molar-refractivity contribution in [3.05, 3.63) is 18.0 Å². The maximum atomic E-state index is 4.21. The zero-order valence-corrected chi connectivity index (χ0v) is 10.7. The van der Waals surface area contributed by atoms with Crippen molar-refractivity contribution in [3.63, 3.8) is 0 Å². The van der Waals surface area contributed by atoms with Crippen LogP contribution < -0.4 is 5.32 Å². The fourth-order valence-electron chi connectivity index (χ4n) is 2.72. The molecule has 1 unspecified atom stereocenters. The normalized spacial score (nSPS) is 21.2. The van der Waals surface area contributed by atoms with Crippen LogP contribution in [0.2, 0.25) is 0 Å². The summed E-state index contributed by atoms with van der Waals surface area (Å²) in [6, 6.07) is 2.49. The van der Waals surface area contributed by atoms with Gasteiger partial charge in [0, 0.05) is 25.8 Å². The molecule has 16 heavy (non-hydrogen) atoms. The van der Waals surface area contributed by atoms with Crippen molar-refractivity contribution in [2.75, 3.05) is 6.54 Å². The molecule has 1 fully saturated rings. The smallest absolute Gasteiger partial charge is 0.0547 e. The molecule has 1 saturated carbocycles. The molecule has 90 valence electrons. The van der Waals surface area contributed by atoms with E-state index in [1.54, 1.807) is 0 Å². The molecule has 3 heteroatoms. The molecule has 3 nitrogen and oxygen atoms in total. The lowest BCUT2D eigenvalue weighted by molar-refractivity contribution is 0.299. The molecule has 0 bridgehead atoms. The van der Waals surface area contributed by atoms with Crippen molar-refractivity contribution in [3.8, 4) is 0 Å². The summed E-state index contributed by atoms with van der Waals surface area (Å²) in [6.07, 6.45) is 7.41. The molecule has 1 aliphatic rings. The van der Waals surface area contributed by atoms with Gasteiger partial charge in [-0.1, -0.05) is 19.8 Å². The molecule has 0 saturated heterocycles. The van der Waals surface area contributed by atoms with E-state index < -0.39 is 0 Å². The highest BCUT2D eigenvalue weighted by molar-refractivity contribution is 5.05. The van der Waals surface area contributed by atoms with E-state index in [1.807, 2.05) is 17.9 Å². The highest BCUT2D eigenvalue weighted by Gasteiger charge is 2.28. The standard InChI is InChI=1S/C13H23N3/c1-11(12-6-9-15-16(12)3)14-10-13(2)7-4-5-8-13/h6,9,11,14H,4-5,7-8,10H2,1-3H3. The van der Waals surface area contributed by atoms with E-state index in [0.29, 0.717) is 11.5 Å². The van der Waals surface area contributed by atoms with E-state index >= 15 is 0 Å². The molecule has 0 aliphatic heterocycles. The minimum Gasteiger partial charge on any atom is -0.308 e. The highest BCUT2D eigenvalue weighted by Crippen LogP contribution is 2.37. The van der Waals surface area contributed by atoms with E-state index in [9.17, 15) is 0 Å². The predicted molar refractivity (Wildman–Crippen MR) is 66.2 cm³/mol. The van der Waals surface area contributed by atoms with Gasteiger partial charge < -0.3 is 5.32 Å². The van der Waals surface area contributed by atoms with Gasteiger partial charge in [-0.05, 0) is 31.2 Å². The Bertz CT molecular complexity index is 337. The Morgan fingerprint density at radius 3 is 2.75 bits per heavy atom. The van der Waals surface area contributed by atoms with Gasteiger partial charge in [0.25, 0.3) is 0 Å². The van der Waals surface area contributed by atoms with Gasteiger partial charge in [0.1, 0.15) is 0 Å². The van der Waals surface area contributed by atoms with Crippen LogP contribution in [0.25, 0.3) is 0 Å². The quantitative estimate of drug-likeness (QED) is 0.847. The Kier molecular flexibility index (Phi) is 3.33. The first-order chi connectivity index (χ1) is 7.61. The number of nitrogens with one attached hydrogen (secondary N) is 1. The minimum atomic E-state index is 0.393. The van der Waals surface area contributed by atoms with Crippen molar-refractivity contribution in [1.82, 2.24) is 15.1 Å². The van der Waals surface area contributed by atoms with Crippen LogP contribution in [-0.4, -0.2) is 16.3 Å². The van der Waals surface area contributed by atoms with Crippen molar-refractivity contribution >= 4 is 0 Å². The summed E-state index contributed by atoms with van der Waals surface area (Å²) in [5.41, 5.74) is 1.79. The first-order valence-corrected chi connectivity index (χ1v) is 6.32. The summed E-state index contributed by atoms with van der Waals surface area (Å²) in [5.74, 6) is 0. The maximum absolute atomic E-state index is 4.21. The lowest BCUT2D eigenvalue weighted by atomic mass is 9.88. The van der Waals surface area contributed by atoms with Gasteiger partial charge in [0.15, 0.2) is 0 Å². The third kappa shape index (κ3) is 2.46. The summed E-state index contributed by atoms with van der Waals surface area (Å²) in [7, 11) is 2.00. The maximum Gasteiger partial charge on any atom is 0.0547 e. The molecule has 1 aliphatic carbocycles. The van der Waals surface area contributed by atoms with Crippen molar-refractivity contribution in [2.24, 2.45) is 12.5 Å². The molecule has 1 aromatic heterocycles. The van der Waals surface area contributed by atoms with Crippen molar-refractivity contribution in [1.29, 1.82) is 0 Å². The topological polar surface area (TPSA) is 29.9 Å². The van der Waals surface area contributed by atoms with Crippen LogP contribution in [0.15, 0.2) is 12.3 Å². The number of hydrogen-bond donors (Lipinski definition) is 1. The predicted octanol–water partition coefficient (Wildman–Crippen LogP) is 2.65. The van der Waals surface area contributed by atoms with Gasteiger partial charge in [0.05, 0.1) is 5.69 Å². The second kappa shape index (κ2) is 4.58. The molecule has 1 atom stereocenters. The molecule has 0 amide bonds. The SMILES string of the molecule is CC(NCC1(C)CCCC1)c1ccnn1C. The van der Waals surface area contributed by atoms with Gasteiger partial charge in [-0.15, -0.1) is 0 Å². The Balaban J connectivity index is 1.88. The number of nitrogens with zero attached hydrogens (tertiary/aromatic N) is 2. The number of hydrogen-bond acceptors (Lipinski definition) is 2. The van der Waals surface area contributed by atoms with Crippen LogP contribution >= 0.6 is 0 Å². The van der Waals surface area contributed by atoms with Gasteiger partial charge in [-0.2, -0.15) is 5.10 Å². The molecule has 0 radical (unpaired) electrons. The van der Waals surface area contributed by atoms with Crippen LogP contribution in [0.5, 0.6) is 0 Å². The lowest BCUT2D eigenvalue weighted by Crippen LogP contribution is -2.32. The number of aromatic nitrogens is 2. The molecule has 0 aromatic carbocycles. The Morgan fingerprint density at radius 1 is 1.50 bits per heavy atom. The third-order valence-corrected chi connectivity index (χ3v) is 3.95. The van der Waals surface area contributed by atoms with E-state index in [-0.39, 0.29) is 0 Å². The summed E-state index contributed by atoms with van der Waals surface area (Å²) in [4.78, 5) is 0. The zero-order valence-electron chi connectivity index (χ0n) is 10.7. The Labute approximate surface area is 98.2 Å². The lowest BCUT2D eigenvalue weighted by Gasteiger charge is -2.26. The fraction of sp³-hybridized carbons (Fsp3) is 0.769. The molecule has 2 rings (SSSR count). The van der Waals surface area contributed by atoms with E-state index in [1.165, 1.54) is 31.4 Å². The van der Waals surface area contributed by atoms with Gasteiger partial charge in [0.2, 0.25) is 0 Å². The molecule has 0 spiro atoms. The van der Waals surface area contributed by atoms with Crippen LogP contribution in [0.1, 0.15) is 51.3 Å². The van der Waals surface area contributed by atoms with E-state index in [4.69, 9.17) is 0 Å². The third-order valence-electron chi connectivity index (χ3n) is 3.95. The van der Waals surface area contributed by atoms with Gasteiger partial charge >= 0.3 is 0 Å². The molecule has 1 N–H and O–H groups in total. The van der Waals surface area contributed by atoms with Crippen LogP contribution in [0.3, 0.4) is 0 Å². The van der Waals surface area contributed by atoms with Gasteiger partial charge in [-0.3, -0.25) is 4.68 Å². The molecular weight excluding hydrogens is 198 g/mol. The fourth-order valence-corrected chi connectivity index (χ4v) is 2.72. The number of aryl methyl sites for hydroxylation is 1. The summed E-state index contributed by atoms with van der Waals surface area (Å²) < 4.78 is 1.95. The van der Waals surface area contributed by atoms with Crippen molar-refractivity contribution < 1.29 is 0 Å². The average molecular weight is 221 g/mol. The monoisotopic (exact) mass is 221 g/mol. The Morgan fingerprint density at radius 2 is 2.19 bits per heavy atom. The van der Waals surface area contributed by atoms with Gasteiger partial charge in [-0.25, -0.2) is 0 Å².